The standard InChI is InChI=1S/C16H24ClNO2S/c1-11(18-21(19)16(2,3)4)13-7-8-14(17)15(9-13)20-10-12-5-6-12/h7-9,11-12,18H,5-6,10H2,1-4H3/t11-,21?/m0/s1. The van der Waals surface area contributed by atoms with Gasteiger partial charge >= 0.3 is 0 Å². The highest BCUT2D eigenvalue weighted by Gasteiger charge is 2.28. The highest BCUT2D eigenvalue weighted by atomic mass is 35.5. The number of nitrogens with one attached hydrogen (secondary N) is 1. The molecule has 0 bridgehead atoms. The van der Waals surface area contributed by atoms with E-state index >= 15 is 0 Å². The molecule has 1 aliphatic rings. The van der Waals surface area contributed by atoms with Crippen LogP contribution in [-0.2, 0) is 11.4 Å². The Bertz CT molecular complexity index is 486. The number of ether oxygens (including phenoxy) is 1. The molecule has 1 aromatic carbocycles. The third-order valence-corrected chi connectivity index (χ3v) is 5.46. The maximum atomic E-state index is 12.2. The van der Waals surface area contributed by atoms with Crippen LogP contribution in [0.25, 0.3) is 0 Å². The van der Waals surface area contributed by atoms with Crippen molar-refractivity contribution in [3.8, 4) is 5.75 Å². The van der Waals surface area contributed by atoms with Crippen LogP contribution in [0.5, 0.6) is 5.75 Å². The molecular formula is C16H24ClNO2S. The SMILES string of the molecule is C[C@H](N[S+]([O-])C(C)(C)C)c1ccc(Cl)c(OCC2CC2)c1. The zero-order chi connectivity index (χ0) is 15.6. The van der Waals surface area contributed by atoms with Crippen molar-refractivity contribution >= 4 is 23.0 Å². The first kappa shape index (κ1) is 16.9. The van der Waals surface area contributed by atoms with Crippen molar-refractivity contribution in [3.63, 3.8) is 0 Å². The summed E-state index contributed by atoms with van der Waals surface area (Å²) in [6.45, 7) is 8.59. The number of rotatable bonds is 6. The van der Waals surface area contributed by atoms with E-state index in [9.17, 15) is 4.55 Å². The molecule has 1 aliphatic carbocycles. The fourth-order valence-electron chi connectivity index (χ4n) is 1.80. The Morgan fingerprint density at radius 1 is 1.43 bits per heavy atom. The predicted molar refractivity (Wildman–Crippen MR) is 89.1 cm³/mol. The van der Waals surface area contributed by atoms with Gasteiger partial charge in [0.15, 0.2) is 0 Å². The monoisotopic (exact) mass is 329 g/mol. The maximum Gasteiger partial charge on any atom is 0.138 e. The van der Waals surface area contributed by atoms with Crippen LogP contribution in [0.15, 0.2) is 18.2 Å². The van der Waals surface area contributed by atoms with Crippen LogP contribution < -0.4 is 9.46 Å². The quantitative estimate of drug-likeness (QED) is 0.794. The fourth-order valence-corrected chi connectivity index (χ4v) is 2.78. The van der Waals surface area contributed by atoms with Crippen LogP contribution in [0, 0.1) is 5.92 Å². The Morgan fingerprint density at radius 2 is 2.10 bits per heavy atom. The van der Waals surface area contributed by atoms with E-state index in [0.717, 1.165) is 17.9 Å². The molecule has 0 heterocycles. The molecular weight excluding hydrogens is 306 g/mol. The third kappa shape index (κ3) is 5.06. The maximum absolute atomic E-state index is 12.2. The second-order valence-corrected chi connectivity index (χ2v) is 9.07. The molecule has 3 nitrogen and oxygen atoms in total. The van der Waals surface area contributed by atoms with Crippen molar-refractivity contribution in [2.45, 2.75) is 51.3 Å². The summed E-state index contributed by atoms with van der Waals surface area (Å²) in [5.41, 5.74) is 1.03. The van der Waals surface area contributed by atoms with Crippen LogP contribution in [0.3, 0.4) is 0 Å². The molecule has 118 valence electrons. The van der Waals surface area contributed by atoms with Crippen molar-refractivity contribution in [3.05, 3.63) is 28.8 Å². The molecule has 21 heavy (non-hydrogen) atoms. The zero-order valence-corrected chi connectivity index (χ0v) is 14.7. The van der Waals surface area contributed by atoms with Crippen molar-refractivity contribution < 1.29 is 9.29 Å². The molecule has 0 aliphatic heterocycles. The lowest BCUT2D eigenvalue weighted by Gasteiger charge is -2.26. The van der Waals surface area contributed by atoms with E-state index in [0.29, 0.717) is 10.9 Å². The van der Waals surface area contributed by atoms with Crippen LogP contribution in [0.4, 0.5) is 0 Å². The van der Waals surface area contributed by atoms with E-state index in [1.807, 2.05) is 45.9 Å². The van der Waals surface area contributed by atoms with Gasteiger partial charge in [-0.2, -0.15) is 0 Å². The minimum absolute atomic E-state index is 0.0226. The van der Waals surface area contributed by atoms with E-state index in [1.165, 1.54) is 12.8 Å². The molecule has 0 radical (unpaired) electrons. The van der Waals surface area contributed by atoms with Gasteiger partial charge in [-0.25, -0.2) is 0 Å². The number of hydrogen-bond acceptors (Lipinski definition) is 3. The molecule has 0 spiro atoms. The lowest BCUT2D eigenvalue weighted by Crippen LogP contribution is -2.40. The summed E-state index contributed by atoms with van der Waals surface area (Å²) in [7, 11) is 0. The highest BCUT2D eigenvalue weighted by molar-refractivity contribution is 7.90. The molecule has 1 unspecified atom stereocenters. The molecule has 1 saturated carbocycles. The third-order valence-electron chi connectivity index (χ3n) is 3.47. The van der Waals surface area contributed by atoms with Crippen LogP contribution in [-0.4, -0.2) is 15.9 Å². The smallest absolute Gasteiger partial charge is 0.138 e. The summed E-state index contributed by atoms with van der Waals surface area (Å²) in [6, 6.07) is 5.72. The summed E-state index contributed by atoms with van der Waals surface area (Å²) < 4.78 is 20.8. The molecule has 0 aromatic heterocycles. The van der Waals surface area contributed by atoms with Gasteiger partial charge in [-0.1, -0.05) is 17.7 Å². The van der Waals surface area contributed by atoms with Gasteiger partial charge in [0.25, 0.3) is 0 Å². The molecule has 2 atom stereocenters. The van der Waals surface area contributed by atoms with Gasteiger partial charge in [-0.05, 0) is 64.2 Å². The van der Waals surface area contributed by atoms with E-state index < -0.39 is 11.4 Å². The molecule has 2 rings (SSSR count). The number of hydrogen-bond donors (Lipinski definition) is 1. The van der Waals surface area contributed by atoms with Gasteiger partial charge in [0.1, 0.15) is 10.5 Å². The topological polar surface area (TPSA) is 44.3 Å². The summed E-state index contributed by atoms with van der Waals surface area (Å²) in [5, 5.41) is 0.628. The van der Waals surface area contributed by atoms with Gasteiger partial charge < -0.3 is 9.29 Å². The van der Waals surface area contributed by atoms with Crippen molar-refractivity contribution in [2.75, 3.05) is 6.61 Å². The van der Waals surface area contributed by atoms with E-state index in [2.05, 4.69) is 4.72 Å². The minimum Gasteiger partial charge on any atom is -0.598 e. The summed E-state index contributed by atoms with van der Waals surface area (Å²) in [6.07, 6.45) is 2.50. The average molecular weight is 330 g/mol. The summed E-state index contributed by atoms with van der Waals surface area (Å²) >= 11 is 5.07. The van der Waals surface area contributed by atoms with E-state index in [-0.39, 0.29) is 10.8 Å². The molecule has 5 heteroatoms. The van der Waals surface area contributed by atoms with Crippen molar-refractivity contribution in [1.29, 1.82) is 0 Å². The first-order valence-electron chi connectivity index (χ1n) is 7.37. The van der Waals surface area contributed by atoms with Gasteiger partial charge in [-0.15, -0.1) is 4.72 Å². The Hall–Kier alpha value is -0.420. The Morgan fingerprint density at radius 3 is 2.67 bits per heavy atom. The second-order valence-electron chi connectivity index (χ2n) is 6.66. The van der Waals surface area contributed by atoms with Gasteiger partial charge in [-0.3, -0.25) is 0 Å². The fraction of sp³-hybridized carbons (Fsp3) is 0.625. The predicted octanol–water partition coefficient (Wildman–Crippen LogP) is 4.24. The highest BCUT2D eigenvalue weighted by Crippen LogP contribution is 2.33. The lowest BCUT2D eigenvalue weighted by molar-refractivity contribution is 0.299. The Balaban J connectivity index is 2.02. The number of benzene rings is 1. The summed E-state index contributed by atoms with van der Waals surface area (Å²) in [5.74, 6) is 1.41. The number of halogens is 1. The summed E-state index contributed by atoms with van der Waals surface area (Å²) in [4.78, 5) is 0. The minimum atomic E-state index is -1.10. The van der Waals surface area contributed by atoms with Gasteiger partial charge in [0, 0.05) is 11.4 Å². The van der Waals surface area contributed by atoms with E-state index in [4.69, 9.17) is 16.3 Å². The zero-order valence-electron chi connectivity index (χ0n) is 13.1. The average Bonchev–Trinajstić information content (AvgIpc) is 3.20. The van der Waals surface area contributed by atoms with Gasteiger partial charge in [0.2, 0.25) is 0 Å². The van der Waals surface area contributed by atoms with E-state index in [1.54, 1.807) is 0 Å². The second kappa shape index (κ2) is 6.78. The van der Waals surface area contributed by atoms with Crippen molar-refractivity contribution in [1.82, 2.24) is 4.72 Å². The molecule has 1 aromatic rings. The Labute approximate surface area is 135 Å². The van der Waals surface area contributed by atoms with Crippen LogP contribution >= 0.6 is 11.6 Å². The lowest BCUT2D eigenvalue weighted by atomic mass is 10.1. The first-order chi connectivity index (χ1) is 9.77. The Kier molecular flexibility index (Phi) is 5.47. The molecule has 0 amide bonds. The normalized spacial score (nSPS) is 18.4. The van der Waals surface area contributed by atoms with Gasteiger partial charge in [0.05, 0.1) is 17.7 Å². The van der Waals surface area contributed by atoms with Crippen LogP contribution in [0.2, 0.25) is 5.02 Å². The molecule has 1 N–H and O–H groups in total. The largest absolute Gasteiger partial charge is 0.598 e. The first-order valence-corrected chi connectivity index (χ1v) is 8.90. The van der Waals surface area contributed by atoms with Crippen LogP contribution in [0.1, 0.15) is 52.1 Å². The molecule has 1 fully saturated rings. The van der Waals surface area contributed by atoms with Crippen molar-refractivity contribution in [2.24, 2.45) is 5.92 Å². The molecule has 0 saturated heterocycles.